The lowest BCUT2D eigenvalue weighted by atomic mass is 9.91. The zero-order valence-electron chi connectivity index (χ0n) is 9.90. The summed E-state index contributed by atoms with van der Waals surface area (Å²) in [5.41, 5.74) is -5.81. The molecule has 1 aliphatic heterocycles. The zero-order chi connectivity index (χ0) is 15.6. The molecule has 0 bridgehead atoms. The second kappa shape index (κ2) is 5.90. The van der Waals surface area contributed by atoms with Crippen molar-refractivity contribution in [1.29, 1.82) is 15.8 Å². The molecule has 2 atom stereocenters. The largest absolute Gasteiger partial charge is 0.456 e. The predicted octanol–water partition coefficient (Wildman–Crippen LogP) is 2.29. The Balaban J connectivity index is 3.27. The molecular weight excluding hydrogens is 317 g/mol. The summed E-state index contributed by atoms with van der Waals surface area (Å²) in [6, 6.07) is 4.41. The van der Waals surface area contributed by atoms with Gasteiger partial charge in [-0.15, -0.1) is 0 Å². The van der Waals surface area contributed by atoms with Crippen LogP contribution >= 0.6 is 23.5 Å². The summed E-state index contributed by atoms with van der Waals surface area (Å²) in [7, 11) is 1.21. The van der Waals surface area contributed by atoms with E-state index < -0.39 is 39.7 Å². The fourth-order valence-corrected chi connectivity index (χ4v) is 2.91. The number of hydrogen-bond donors (Lipinski definition) is 0. The van der Waals surface area contributed by atoms with Gasteiger partial charge in [0, 0.05) is 25.6 Å². The Kier molecular flexibility index (Phi) is 4.90. The fourth-order valence-electron chi connectivity index (χ4n) is 1.64. The first kappa shape index (κ1) is 16.6. The molecule has 0 aromatic heterocycles. The molecule has 20 heavy (non-hydrogen) atoms. The molecule has 1 fully saturated rings. The van der Waals surface area contributed by atoms with Crippen molar-refractivity contribution < 1.29 is 17.9 Å². The molecule has 0 aromatic rings. The first-order valence-corrected chi connectivity index (χ1v) is 6.10. The molecule has 0 aliphatic carbocycles. The summed E-state index contributed by atoms with van der Waals surface area (Å²) in [5.74, 6) is 0. The van der Waals surface area contributed by atoms with E-state index in [0.29, 0.717) is 4.31 Å². The second-order valence-electron chi connectivity index (χ2n) is 3.58. The molecule has 1 rings (SSSR count). The minimum absolute atomic E-state index is 0.195. The maximum atomic E-state index is 12.4. The third kappa shape index (κ3) is 2.84. The van der Waals surface area contributed by atoms with Gasteiger partial charge in [-0.2, -0.15) is 29.0 Å². The molecule has 0 amide bonds. The van der Waals surface area contributed by atoms with Crippen LogP contribution in [0, 0.1) is 34.0 Å². The van der Waals surface area contributed by atoms with Crippen molar-refractivity contribution in [2.24, 2.45) is 0 Å². The van der Waals surface area contributed by atoms with Gasteiger partial charge in [-0.05, 0) is 0 Å². The van der Waals surface area contributed by atoms with Crippen molar-refractivity contribution in [3.63, 3.8) is 0 Å². The number of ether oxygens (including phenoxy) is 1. The molecule has 1 saturated heterocycles. The standard InChI is InChI=1S/C10H6ClF3N4OS/c1-19-8-5-18(20-10(12,13)14)9(8,11)7(4-17)6(2-15)3-16/h8H,5H2,1H3. The van der Waals surface area contributed by atoms with E-state index in [-0.39, 0.29) is 6.54 Å². The average molecular weight is 323 g/mol. The molecule has 0 spiro atoms. The molecule has 0 N–H and O–H groups in total. The molecule has 5 nitrogen and oxygen atoms in total. The van der Waals surface area contributed by atoms with E-state index in [0.717, 1.165) is 0 Å². The van der Waals surface area contributed by atoms with Crippen LogP contribution in [0.4, 0.5) is 13.2 Å². The van der Waals surface area contributed by atoms with Gasteiger partial charge in [-0.25, -0.2) is 4.31 Å². The number of nitriles is 3. The van der Waals surface area contributed by atoms with Crippen LogP contribution in [0.2, 0.25) is 0 Å². The topological polar surface area (TPSA) is 83.8 Å². The van der Waals surface area contributed by atoms with E-state index in [4.69, 9.17) is 32.1 Å². The second-order valence-corrected chi connectivity index (χ2v) is 5.24. The Morgan fingerprint density at radius 2 is 1.90 bits per heavy atom. The number of allylic oxidation sites excluding steroid dienone is 1. The van der Waals surface area contributed by atoms with Crippen molar-refractivity contribution in [2.45, 2.75) is 16.6 Å². The smallest absolute Gasteiger partial charge is 0.376 e. The highest BCUT2D eigenvalue weighted by atomic mass is 35.5. The van der Waals surface area contributed by atoms with Gasteiger partial charge in [0.25, 0.3) is 0 Å². The molecule has 0 radical (unpaired) electrons. The third-order valence-corrected chi connectivity index (χ3v) is 4.16. The van der Waals surface area contributed by atoms with Gasteiger partial charge in [0.15, 0.2) is 5.00 Å². The fraction of sp³-hybridized carbons (Fsp3) is 0.500. The van der Waals surface area contributed by atoms with Crippen molar-refractivity contribution in [1.82, 2.24) is 4.31 Å². The summed E-state index contributed by atoms with van der Waals surface area (Å²) in [5, 5.41) is 26.5. The molecule has 2 unspecified atom stereocenters. The highest BCUT2D eigenvalue weighted by molar-refractivity contribution is 7.98. The maximum absolute atomic E-state index is 12.4. The highest BCUT2D eigenvalue weighted by Gasteiger charge is 2.60. The van der Waals surface area contributed by atoms with Crippen molar-refractivity contribution in [2.75, 3.05) is 13.7 Å². The normalized spacial score (nSPS) is 25.8. The van der Waals surface area contributed by atoms with E-state index in [1.807, 2.05) is 0 Å². The predicted molar refractivity (Wildman–Crippen MR) is 63.6 cm³/mol. The van der Waals surface area contributed by atoms with Crippen LogP contribution in [0.3, 0.4) is 0 Å². The van der Waals surface area contributed by atoms with Crippen molar-refractivity contribution in [3.8, 4) is 18.2 Å². The molecule has 1 aliphatic rings. The van der Waals surface area contributed by atoms with Gasteiger partial charge in [-0.3, -0.25) is 0 Å². The molecule has 0 saturated carbocycles. The van der Waals surface area contributed by atoms with Gasteiger partial charge in [0.05, 0.1) is 5.57 Å². The molecule has 0 aromatic carbocycles. The van der Waals surface area contributed by atoms with E-state index >= 15 is 0 Å². The van der Waals surface area contributed by atoms with E-state index in [1.165, 1.54) is 25.3 Å². The monoisotopic (exact) mass is 322 g/mol. The molecule has 1 heterocycles. The van der Waals surface area contributed by atoms with Crippen LogP contribution in [-0.4, -0.2) is 34.6 Å². The van der Waals surface area contributed by atoms with E-state index in [2.05, 4.69) is 0 Å². The third-order valence-electron chi connectivity index (χ3n) is 2.56. The minimum atomic E-state index is -4.61. The van der Waals surface area contributed by atoms with Gasteiger partial charge < -0.3 is 4.74 Å². The number of rotatable bonds is 3. The van der Waals surface area contributed by atoms with Gasteiger partial charge in [0.2, 0.25) is 0 Å². The Morgan fingerprint density at radius 1 is 1.35 bits per heavy atom. The number of hydrogen-bond acceptors (Lipinski definition) is 6. The van der Waals surface area contributed by atoms with E-state index in [9.17, 15) is 13.2 Å². The number of methoxy groups -OCH3 is 1. The van der Waals surface area contributed by atoms with Crippen LogP contribution in [0.25, 0.3) is 0 Å². The lowest BCUT2D eigenvalue weighted by molar-refractivity contribution is -0.0635. The van der Waals surface area contributed by atoms with E-state index in [1.54, 1.807) is 0 Å². The Bertz CT molecular complexity index is 543. The maximum Gasteiger partial charge on any atom is 0.456 e. The van der Waals surface area contributed by atoms with Crippen molar-refractivity contribution >= 4 is 23.5 Å². The summed E-state index contributed by atoms with van der Waals surface area (Å²) in [6.07, 6.45) is -0.939. The van der Waals surface area contributed by atoms with Crippen LogP contribution in [-0.2, 0) is 4.74 Å². The zero-order valence-corrected chi connectivity index (χ0v) is 11.5. The Hall–Kier alpha value is -1.44. The number of nitrogens with zero attached hydrogens (tertiary/aromatic N) is 4. The minimum Gasteiger partial charge on any atom is -0.376 e. The summed E-state index contributed by atoms with van der Waals surface area (Å²) in [6.45, 7) is -0.195. The summed E-state index contributed by atoms with van der Waals surface area (Å²) < 4.78 is 42.9. The molecule has 10 heteroatoms. The van der Waals surface area contributed by atoms with Gasteiger partial charge in [-0.1, -0.05) is 11.6 Å². The SMILES string of the molecule is COC1CN(SC(F)(F)F)C1(Cl)C(C#N)=C(C#N)C#N. The molecule has 106 valence electrons. The summed E-state index contributed by atoms with van der Waals surface area (Å²) >= 11 is 5.53. The van der Waals surface area contributed by atoms with Gasteiger partial charge in [0.1, 0.15) is 29.9 Å². The molecular formula is C10H6ClF3N4OS. The van der Waals surface area contributed by atoms with Crippen LogP contribution < -0.4 is 0 Å². The van der Waals surface area contributed by atoms with Crippen LogP contribution in [0.5, 0.6) is 0 Å². The number of alkyl halides is 4. The highest BCUT2D eigenvalue weighted by Crippen LogP contribution is 2.51. The number of halogens is 4. The Labute approximate surface area is 121 Å². The van der Waals surface area contributed by atoms with Crippen LogP contribution in [0.15, 0.2) is 11.1 Å². The van der Waals surface area contributed by atoms with Crippen molar-refractivity contribution in [3.05, 3.63) is 11.1 Å². The first-order valence-electron chi connectivity index (χ1n) is 4.94. The Morgan fingerprint density at radius 3 is 2.25 bits per heavy atom. The lowest BCUT2D eigenvalue weighted by Gasteiger charge is -2.52. The van der Waals surface area contributed by atoms with Gasteiger partial charge >= 0.3 is 5.51 Å². The summed E-state index contributed by atoms with van der Waals surface area (Å²) in [4.78, 5) is -2.00. The van der Waals surface area contributed by atoms with Crippen LogP contribution in [0.1, 0.15) is 0 Å². The lowest BCUT2D eigenvalue weighted by Crippen LogP contribution is -2.66. The first-order chi connectivity index (χ1) is 9.24. The average Bonchev–Trinajstić information content (AvgIpc) is 2.38. The quantitative estimate of drug-likeness (QED) is 0.343.